The summed E-state index contributed by atoms with van der Waals surface area (Å²) in [5, 5.41) is 7.25. The second kappa shape index (κ2) is 11.2. The zero-order valence-electron chi connectivity index (χ0n) is 18.4. The molecule has 1 atom stereocenters. The Hall–Kier alpha value is -2.45. The number of hydrogen-bond acceptors (Lipinski definition) is 6. The van der Waals surface area contributed by atoms with Crippen molar-refractivity contribution in [2.75, 3.05) is 63.8 Å². The Labute approximate surface area is 185 Å². The van der Waals surface area contributed by atoms with Gasteiger partial charge in [-0.2, -0.15) is 5.10 Å². The number of hydrogen-bond donors (Lipinski definition) is 1. The number of piperidine rings is 1. The van der Waals surface area contributed by atoms with Crippen molar-refractivity contribution < 1.29 is 4.79 Å². The summed E-state index contributed by atoms with van der Waals surface area (Å²) < 4.78 is 1.90. The number of anilines is 1. The number of amides is 1. The highest BCUT2D eigenvalue weighted by atomic mass is 16.2. The molecule has 0 spiro atoms. The molecule has 0 aliphatic carbocycles. The molecule has 2 aromatic rings. The Balaban J connectivity index is 1.12. The first-order valence-electron chi connectivity index (χ1n) is 11.6. The molecular formula is C23H35N7O. The lowest BCUT2D eigenvalue weighted by atomic mass is 9.97. The molecule has 31 heavy (non-hydrogen) atoms. The van der Waals surface area contributed by atoms with Crippen LogP contribution in [0.4, 0.5) is 5.82 Å². The lowest BCUT2D eigenvalue weighted by Gasteiger charge is -2.39. The van der Waals surface area contributed by atoms with Crippen molar-refractivity contribution in [3.63, 3.8) is 0 Å². The molecule has 0 radical (unpaired) electrons. The van der Waals surface area contributed by atoms with Crippen LogP contribution in [0.1, 0.15) is 19.3 Å². The second-order valence-corrected chi connectivity index (χ2v) is 8.69. The van der Waals surface area contributed by atoms with Crippen LogP contribution in [0.15, 0.2) is 42.9 Å². The molecule has 1 N–H and O–H groups in total. The van der Waals surface area contributed by atoms with Crippen LogP contribution >= 0.6 is 0 Å². The van der Waals surface area contributed by atoms with E-state index in [-0.39, 0.29) is 5.91 Å². The Bertz CT molecular complexity index is 774. The average Bonchev–Trinajstić information content (AvgIpc) is 3.32. The summed E-state index contributed by atoms with van der Waals surface area (Å²) in [6, 6.07) is 8.04. The Morgan fingerprint density at radius 1 is 1.06 bits per heavy atom. The van der Waals surface area contributed by atoms with Gasteiger partial charge in [0.15, 0.2) is 0 Å². The minimum Gasteiger partial charge on any atom is -0.355 e. The van der Waals surface area contributed by atoms with Gasteiger partial charge in [0.1, 0.15) is 5.82 Å². The monoisotopic (exact) mass is 425 g/mol. The minimum absolute atomic E-state index is 0.144. The standard InChI is InChI=1S/C23H35N7O/c31-23(25-9-4-12-30-13-5-10-26-30)20-28-11-3-6-21(19-28)18-27-14-16-29(17-15-27)22-7-1-2-8-24-22/h1-2,5,7-8,10,13,21H,3-4,6,9,11-12,14-20H2,(H,25,31). The first kappa shape index (κ1) is 21.8. The first-order valence-corrected chi connectivity index (χ1v) is 11.6. The van der Waals surface area contributed by atoms with Gasteiger partial charge in [0.2, 0.25) is 5.91 Å². The summed E-state index contributed by atoms with van der Waals surface area (Å²) in [6.45, 7) is 9.51. The van der Waals surface area contributed by atoms with Crippen LogP contribution < -0.4 is 10.2 Å². The molecule has 168 valence electrons. The van der Waals surface area contributed by atoms with Crippen LogP contribution in [-0.2, 0) is 11.3 Å². The Morgan fingerprint density at radius 2 is 1.97 bits per heavy atom. The number of nitrogens with zero attached hydrogens (tertiary/aromatic N) is 6. The number of carbonyl (C=O) groups excluding carboxylic acids is 1. The molecule has 2 aliphatic rings. The van der Waals surface area contributed by atoms with E-state index in [9.17, 15) is 4.79 Å². The normalized spacial score (nSPS) is 20.6. The number of likely N-dealkylation sites (tertiary alicyclic amines) is 1. The number of nitrogens with one attached hydrogen (secondary N) is 1. The Morgan fingerprint density at radius 3 is 2.74 bits per heavy atom. The smallest absolute Gasteiger partial charge is 0.234 e. The summed E-state index contributed by atoms with van der Waals surface area (Å²) in [4.78, 5) is 24.1. The number of carbonyl (C=O) groups is 1. The van der Waals surface area contributed by atoms with Crippen LogP contribution in [0.25, 0.3) is 0 Å². The van der Waals surface area contributed by atoms with Gasteiger partial charge in [-0.1, -0.05) is 6.07 Å². The summed E-state index contributed by atoms with van der Waals surface area (Å²) in [5.74, 6) is 1.88. The zero-order chi connectivity index (χ0) is 21.3. The van der Waals surface area contributed by atoms with Crippen LogP contribution in [0.5, 0.6) is 0 Å². The van der Waals surface area contributed by atoms with Gasteiger partial charge < -0.3 is 10.2 Å². The van der Waals surface area contributed by atoms with Crippen molar-refractivity contribution in [1.29, 1.82) is 0 Å². The third-order valence-electron chi connectivity index (χ3n) is 6.28. The van der Waals surface area contributed by atoms with E-state index in [2.05, 4.69) is 42.2 Å². The van der Waals surface area contributed by atoms with Crippen LogP contribution in [0.3, 0.4) is 0 Å². The molecule has 1 unspecified atom stereocenters. The zero-order valence-corrected chi connectivity index (χ0v) is 18.4. The van der Waals surface area contributed by atoms with Crippen LogP contribution in [0, 0.1) is 5.92 Å². The highest BCUT2D eigenvalue weighted by Gasteiger charge is 2.25. The molecule has 2 aromatic heterocycles. The molecule has 8 nitrogen and oxygen atoms in total. The topological polar surface area (TPSA) is 69.5 Å². The highest BCUT2D eigenvalue weighted by Crippen LogP contribution is 2.19. The maximum absolute atomic E-state index is 12.3. The van der Waals surface area contributed by atoms with E-state index in [1.54, 1.807) is 6.20 Å². The number of aryl methyl sites for hydroxylation is 1. The van der Waals surface area contributed by atoms with Gasteiger partial charge in [-0.15, -0.1) is 0 Å². The third kappa shape index (κ3) is 6.77. The molecule has 0 aromatic carbocycles. The molecule has 4 heterocycles. The fourth-order valence-electron chi connectivity index (χ4n) is 4.67. The van der Waals surface area contributed by atoms with Gasteiger partial charge in [0.25, 0.3) is 0 Å². The summed E-state index contributed by atoms with van der Waals surface area (Å²) >= 11 is 0. The SMILES string of the molecule is O=C(CN1CCCC(CN2CCN(c3ccccn3)CC2)C1)NCCCn1cccn1. The molecular weight excluding hydrogens is 390 g/mol. The second-order valence-electron chi connectivity index (χ2n) is 8.69. The quantitative estimate of drug-likeness (QED) is 0.611. The molecule has 8 heteroatoms. The molecule has 2 aliphatic heterocycles. The summed E-state index contributed by atoms with van der Waals surface area (Å²) in [5.41, 5.74) is 0. The van der Waals surface area contributed by atoms with Gasteiger partial charge in [-0.05, 0) is 49.9 Å². The molecule has 4 rings (SSSR count). The minimum atomic E-state index is 0.144. The predicted molar refractivity (Wildman–Crippen MR) is 122 cm³/mol. The van der Waals surface area contributed by atoms with E-state index in [1.165, 1.54) is 12.8 Å². The van der Waals surface area contributed by atoms with E-state index in [4.69, 9.17) is 0 Å². The van der Waals surface area contributed by atoms with Crippen molar-refractivity contribution in [2.45, 2.75) is 25.8 Å². The fraction of sp³-hybridized carbons (Fsp3) is 0.609. The highest BCUT2D eigenvalue weighted by molar-refractivity contribution is 5.77. The van der Waals surface area contributed by atoms with Gasteiger partial charge in [0.05, 0.1) is 6.54 Å². The van der Waals surface area contributed by atoms with Gasteiger partial charge in [0, 0.05) is 70.9 Å². The molecule has 0 saturated carbocycles. The maximum atomic E-state index is 12.3. The predicted octanol–water partition coefficient (Wildman–Crippen LogP) is 1.32. The van der Waals surface area contributed by atoms with E-state index in [0.717, 1.165) is 64.6 Å². The van der Waals surface area contributed by atoms with Crippen molar-refractivity contribution in [3.05, 3.63) is 42.9 Å². The third-order valence-corrected chi connectivity index (χ3v) is 6.28. The van der Waals surface area contributed by atoms with Gasteiger partial charge >= 0.3 is 0 Å². The molecule has 2 fully saturated rings. The number of aromatic nitrogens is 3. The van der Waals surface area contributed by atoms with E-state index in [1.807, 2.05) is 29.2 Å². The molecule has 2 saturated heterocycles. The van der Waals surface area contributed by atoms with Crippen molar-refractivity contribution >= 4 is 11.7 Å². The molecule has 1 amide bonds. The summed E-state index contributed by atoms with van der Waals surface area (Å²) in [6.07, 6.45) is 8.96. The average molecular weight is 426 g/mol. The number of piperazine rings is 1. The number of pyridine rings is 1. The largest absolute Gasteiger partial charge is 0.355 e. The van der Waals surface area contributed by atoms with E-state index >= 15 is 0 Å². The van der Waals surface area contributed by atoms with Gasteiger partial charge in [-0.25, -0.2) is 4.98 Å². The Kier molecular flexibility index (Phi) is 7.90. The van der Waals surface area contributed by atoms with Crippen molar-refractivity contribution in [1.82, 2.24) is 29.9 Å². The fourth-order valence-corrected chi connectivity index (χ4v) is 4.67. The van der Waals surface area contributed by atoms with Crippen molar-refractivity contribution in [2.24, 2.45) is 5.92 Å². The maximum Gasteiger partial charge on any atom is 0.234 e. The number of rotatable bonds is 9. The van der Waals surface area contributed by atoms with Crippen molar-refractivity contribution in [3.8, 4) is 0 Å². The first-order chi connectivity index (χ1) is 15.3. The van der Waals surface area contributed by atoms with E-state index < -0.39 is 0 Å². The summed E-state index contributed by atoms with van der Waals surface area (Å²) in [7, 11) is 0. The van der Waals surface area contributed by atoms with Crippen LogP contribution in [-0.4, -0.2) is 89.4 Å². The van der Waals surface area contributed by atoms with E-state index in [0.29, 0.717) is 19.0 Å². The molecule has 0 bridgehead atoms. The van der Waals surface area contributed by atoms with Crippen LogP contribution in [0.2, 0.25) is 0 Å². The lowest BCUT2D eigenvalue weighted by molar-refractivity contribution is -0.122. The van der Waals surface area contributed by atoms with Gasteiger partial charge in [-0.3, -0.25) is 19.3 Å². The lowest BCUT2D eigenvalue weighted by Crippen LogP contribution is -2.50.